The van der Waals surface area contributed by atoms with Crippen LogP contribution in [-0.4, -0.2) is 49.0 Å². The van der Waals surface area contributed by atoms with E-state index in [4.69, 9.17) is 16.2 Å². The van der Waals surface area contributed by atoms with Gasteiger partial charge in [-0.2, -0.15) is 17.5 Å². The number of sulfonamides is 1. The highest BCUT2D eigenvalue weighted by molar-refractivity contribution is 7.89. The van der Waals surface area contributed by atoms with Crippen LogP contribution in [0.25, 0.3) is 0 Å². The first kappa shape index (κ1) is 27.5. The van der Waals surface area contributed by atoms with E-state index in [0.717, 1.165) is 32.1 Å². The number of hydrogen-bond donors (Lipinski definition) is 2. The molecule has 1 aromatic heterocycles. The molecule has 204 valence electrons. The van der Waals surface area contributed by atoms with Crippen LogP contribution in [0, 0.1) is 5.92 Å². The SMILES string of the molecule is NCCOc1cccc2c1CN(S(=O)(=O)C(F)(F)F)C[C@H](CCC1CCCC1)N2Cc1cc(N)ccn1. The Balaban J connectivity index is 1.80. The number of hydrogen-bond acceptors (Lipinski definition) is 7. The number of nitrogens with two attached hydrogens (primary N) is 2. The van der Waals surface area contributed by atoms with Crippen LogP contribution in [0.4, 0.5) is 24.5 Å². The highest BCUT2D eigenvalue weighted by Gasteiger charge is 2.51. The smallest absolute Gasteiger partial charge is 0.492 e. The lowest BCUT2D eigenvalue weighted by Gasteiger charge is -2.35. The average Bonchev–Trinajstić information content (AvgIpc) is 3.31. The Morgan fingerprint density at radius 2 is 1.89 bits per heavy atom. The van der Waals surface area contributed by atoms with Crippen molar-refractivity contribution in [3.8, 4) is 5.75 Å². The van der Waals surface area contributed by atoms with Crippen LogP contribution in [-0.2, 0) is 23.1 Å². The van der Waals surface area contributed by atoms with E-state index >= 15 is 0 Å². The number of rotatable bonds is 9. The van der Waals surface area contributed by atoms with Crippen LogP contribution < -0.4 is 21.1 Å². The van der Waals surface area contributed by atoms with Crippen molar-refractivity contribution in [2.75, 3.05) is 30.3 Å². The summed E-state index contributed by atoms with van der Waals surface area (Å²) in [5.74, 6) is 0.800. The zero-order valence-corrected chi connectivity index (χ0v) is 21.5. The molecule has 1 aromatic carbocycles. The van der Waals surface area contributed by atoms with Gasteiger partial charge in [-0.1, -0.05) is 31.7 Å². The summed E-state index contributed by atoms with van der Waals surface area (Å²) in [6, 6.07) is 8.05. The first-order valence-electron chi connectivity index (χ1n) is 12.6. The van der Waals surface area contributed by atoms with Crippen LogP contribution in [0.15, 0.2) is 36.5 Å². The number of aromatic nitrogens is 1. The van der Waals surface area contributed by atoms with Crippen LogP contribution in [0.3, 0.4) is 0 Å². The Labute approximate surface area is 215 Å². The third kappa shape index (κ3) is 6.29. The third-order valence-corrected chi connectivity index (χ3v) is 8.71. The molecule has 8 nitrogen and oxygen atoms in total. The molecule has 12 heteroatoms. The molecular formula is C25H34F3N5O3S. The van der Waals surface area contributed by atoms with Crippen LogP contribution in [0.2, 0.25) is 0 Å². The lowest BCUT2D eigenvalue weighted by atomic mass is 9.97. The number of fused-ring (bicyclic) bond motifs is 1. The van der Waals surface area contributed by atoms with E-state index in [1.54, 1.807) is 36.5 Å². The minimum atomic E-state index is -5.59. The molecule has 1 saturated carbocycles. The molecule has 0 bridgehead atoms. The second-order valence-corrected chi connectivity index (χ2v) is 11.7. The molecule has 1 fully saturated rings. The highest BCUT2D eigenvalue weighted by atomic mass is 32.2. The topological polar surface area (TPSA) is 115 Å². The minimum Gasteiger partial charge on any atom is -0.492 e. The van der Waals surface area contributed by atoms with Gasteiger partial charge in [0.15, 0.2) is 0 Å². The fourth-order valence-electron chi connectivity index (χ4n) is 5.33. The quantitative estimate of drug-likeness (QED) is 0.493. The summed E-state index contributed by atoms with van der Waals surface area (Å²) in [6.07, 6.45) is 7.40. The van der Waals surface area contributed by atoms with Gasteiger partial charge >= 0.3 is 15.5 Å². The number of alkyl halides is 3. The third-order valence-electron chi connectivity index (χ3n) is 7.17. The summed E-state index contributed by atoms with van der Waals surface area (Å²) in [5.41, 5.74) is 8.29. The van der Waals surface area contributed by atoms with Crippen molar-refractivity contribution in [1.82, 2.24) is 9.29 Å². The number of nitrogen functional groups attached to an aromatic ring is 1. The summed E-state index contributed by atoms with van der Waals surface area (Å²) in [5, 5.41) is 0. The van der Waals surface area contributed by atoms with Crippen LogP contribution in [0.5, 0.6) is 5.75 Å². The van der Waals surface area contributed by atoms with Crippen molar-refractivity contribution in [1.29, 1.82) is 0 Å². The molecule has 0 amide bonds. The maximum Gasteiger partial charge on any atom is 0.511 e. The Morgan fingerprint density at radius 3 is 2.57 bits per heavy atom. The number of anilines is 2. The fourth-order valence-corrected chi connectivity index (χ4v) is 6.29. The molecule has 2 aliphatic rings. The molecule has 0 spiro atoms. The van der Waals surface area contributed by atoms with E-state index in [2.05, 4.69) is 4.98 Å². The van der Waals surface area contributed by atoms with Gasteiger partial charge in [0.1, 0.15) is 12.4 Å². The molecule has 1 aliphatic heterocycles. The van der Waals surface area contributed by atoms with E-state index in [1.807, 2.05) is 4.90 Å². The van der Waals surface area contributed by atoms with Gasteiger partial charge < -0.3 is 21.1 Å². The average molecular weight is 542 g/mol. The van der Waals surface area contributed by atoms with E-state index in [9.17, 15) is 21.6 Å². The van der Waals surface area contributed by atoms with Gasteiger partial charge in [0.25, 0.3) is 0 Å². The maximum absolute atomic E-state index is 13.8. The van der Waals surface area contributed by atoms with Crippen LogP contribution in [0.1, 0.15) is 49.8 Å². The lowest BCUT2D eigenvalue weighted by Crippen LogP contribution is -2.47. The van der Waals surface area contributed by atoms with Crippen molar-refractivity contribution in [3.63, 3.8) is 0 Å². The summed E-state index contributed by atoms with van der Waals surface area (Å²) in [6.45, 7) is -0.159. The Kier molecular flexibility index (Phi) is 8.49. The molecule has 1 atom stereocenters. The van der Waals surface area contributed by atoms with E-state index in [0.29, 0.717) is 45.0 Å². The number of benzene rings is 1. The van der Waals surface area contributed by atoms with Crippen molar-refractivity contribution < 1.29 is 26.3 Å². The monoisotopic (exact) mass is 541 g/mol. The molecule has 0 radical (unpaired) electrons. The summed E-state index contributed by atoms with van der Waals surface area (Å²) >= 11 is 0. The predicted octanol–water partition coefficient (Wildman–Crippen LogP) is 4.01. The zero-order valence-electron chi connectivity index (χ0n) is 20.7. The van der Waals surface area contributed by atoms with E-state index < -0.39 is 28.1 Å². The van der Waals surface area contributed by atoms with Gasteiger partial charge in [-0.05, 0) is 43.0 Å². The molecule has 2 heterocycles. The lowest BCUT2D eigenvalue weighted by molar-refractivity contribution is -0.0492. The van der Waals surface area contributed by atoms with Crippen molar-refractivity contribution in [3.05, 3.63) is 47.8 Å². The Hall–Kier alpha value is -2.57. The van der Waals surface area contributed by atoms with Crippen molar-refractivity contribution >= 4 is 21.4 Å². The van der Waals surface area contributed by atoms with Gasteiger partial charge in [0, 0.05) is 48.8 Å². The number of ether oxygens (including phenoxy) is 1. The second-order valence-electron chi connectivity index (χ2n) is 9.72. The first-order chi connectivity index (χ1) is 17.6. The molecule has 1 aliphatic carbocycles. The highest BCUT2D eigenvalue weighted by Crippen LogP contribution is 2.40. The number of halogens is 3. The molecule has 37 heavy (non-hydrogen) atoms. The molecule has 4 N–H and O–H groups in total. The van der Waals surface area contributed by atoms with E-state index in [-0.39, 0.29) is 26.2 Å². The second kappa shape index (κ2) is 11.4. The first-order valence-corrected chi connectivity index (χ1v) is 14.0. The molecule has 2 aromatic rings. The maximum atomic E-state index is 13.8. The molecule has 0 saturated heterocycles. The largest absolute Gasteiger partial charge is 0.511 e. The minimum absolute atomic E-state index is 0.143. The standard InChI is InChI=1S/C25H34F3N5O3S/c26-25(27,28)37(34,35)32-16-21(9-8-18-4-1-2-5-18)33(15-20-14-19(30)10-12-31-20)23-6-3-7-24(22(23)17-32)36-13-11-29/h3,6-7,10,12,14,18,21H,1-2,4-5,8-9,11,13,15-17,29H2,(H2,30,31)/t21-/m0/s1. The Bertz CT molecular complexity index is 1170. The van der Waals surface area contributed by atoms with Gasteiger partial charge in [0.05, 0.1) is 12.2 Å². The van der Waals surface area contributed by atoms with E-state index in [1.165, 1.54) is 0 Å². The summed E-state index contributed by atoms with van der Waals surface area (Å²) < 4.78 is 73.0. The van der Waals surface area contributed by atoms with Crippen molar-refractivity contribution in [2.24, 2.45) is 11.7 Å². The fraction of sp³-hybridized carbons (Fsp3) is 0.560. The van der Waals surface area contributed by atoms with Crippen molar-refractivity contribution in [2.45, 2.75) is 63.2 Å². The predicted molar refractivity (Wildman–Crippen MR) is 136 cm³/mol. The Morgan fingerprint density at radius 1 is 1.14 bits per heavy atom. The zero-order chi connectivity index (χ0) is 26.6. The number of nitrogens with zero attached hydrogens (tertiary/aromatic N) is 3. The van der Waals surface area contributed by atoms with Gasteiger partial charge in [0.2, 0.25) is 0 Å². The summed E-state index contributed by atoms with van der Waals surface area (Å²) in [4.78, 5) is 6.37. The number of pyridine rings is 1. The summed E-state index contributed by atoms with van der Waals surface area (Å²) in [7, 11) is -5.59. The molecule has 4 rings (SSSR count). The molecular weight excluding hydrogens is 507 g/mol. The molecule has 0 unspecified atom stereocenters. The normalized spacial score (nSPS) is 19.6. The van der Waals surface area contributed by atoms with Crippen LogP contribution >= 0.6 is 0 Å². The van der Waals surface area contributed by atoms with Gasteiger partial charge in [-0.3, -0.25) is 4.98 Å². The van der Waals surface area contributed by atoms with Gasteiger partial charge in [-0.15, -0.1) is 0 Å². The van der Waals surface area contributed by atoms with Gasteiger partial charge in [-0.25, -0.2) is 8.42 Å².